The minimum Gasteiger partial charge on any atom is -0.493 e. The Balaban J connectivity index is 1.91. The molecule has 1 aliphatic heterocycles. The van der Waals surface area contributed by atoms with Crippen LogP contribution in [0.3, 0.4) is 0 Å². The summed E-state index contributed by atoms with van der Waals surface area (Å²) in [6.45, 7) is -0.320. The number of benzene rings is 2. The maximum Gasteiger partial charge on any atom is 0.363 e. The smallest absolute Gasteiger partial charge is 0.363 e. The zero-order valence-corrected chi connectivity index (χ0v) is 17.7. The van der Waals surface area contributed by atoms with Crippen molar-refractivity contribution in [3.05, 3.63) is 62.7 Å². The molecule has 0 saturated carbocycles. The van der Waals surface area contributed by atoms with E-state index in [-0.39, 0.29) is 34.7 Å². The summed E-state index contributed by atoms with van der Waals surface area (Å²) in [7, 11) is 2.68. The minimum atomic E-state index is -0.586. The highest BCUT2D eigenvalue weighted by atomic mass is 79.9. The van der Waals surface area contributed by atoms with Crippen molar-refractivity contribution in [3.63, 3.8) is 0 Å². The molecule has 29 heavy (non-hydrogen) atoms. The van der Waals surface area contributed by atoms with Gasteiger partial charge in [0, 0.05) is 4.47 Å². The summed E-state index contributed by atoms with van der Waals surface area (Å²) in [5.41, 5.74) is 1.31. The van der Waals surface area contributed by atoms with Crippen LogP contribution in [0.25, 0.3) is 6.08 Å². The van der Waals surface area contributed by atoms with E-state index < -0.39 is 11.9 Å². The summed E-state index contributed by atoms with van der Waals surface area (Å²) in [6, 6.07) is 10.4. The number of rotatable bonds is 6. The van der Waals surface area contributed by atoms with Gasteiger partial charge in [-0.1, -0.05) is 23.7 Å². The number of cyclic esters (lactones) is 1. The first-order chi connectivity index (χ1) is 13.9. The summed E-state index contributed by atoms with van der Waals surface area (Å²) < 4.78 is 21.2. The van der Waals surface area contributed by atoms with Gasteiger partial charge in [0.05, 0.1) is 24.8 Å². The predicted molar refractivity (Wildman–Crippen MR) is 110 cm³/mol. The van der Waals surface area contributed by atoms with Gasteiger partial charge in [-0.3, -0.25) is 0 Å². The quantitative estimate of drug-likeness (QED) is 0.459. The van der Waals surface area contributed by atoms with E-state index >= 15 is 0 Å². The van der Waals surface area contributed by atoms with E-state index in [0.717, 1.165) is 4.47 Å². The molecule has 0 spiro atoms. The highest BCUT2D eigenvalue weighted by molar-refractivity contribution is 9.10. The second-order valence-corrected chi connectivity index (χ2v) is 6.98. The number of halogens is 2. The molecule has 0 saturated heterocycles. The van der Waals surface area contributed by atoms with Crippen molar-refractivity contribution in [2.45, 2.75) is 0 Å². The first kappa shape index (κ1) is 20.9. The van der Waals surface area contributed by atoms with E-state index in [0.29, 0.717) is 11.1 Å². The van der Waals surface area contributed by atoms with Crippen LogP contribution >= 0.6 is 27.5 Å². The lowest BCUT2D eigenvalue weighted by atomic mass is 10.1. The van der Waals surface area contributed by atoms with Crippen molar-refractivity contribution >= 4 is 51.4 Å². The Morgan fingerprint density at radius 2 is 2.03 bits per heavy atom. The molecule has 0 N–H and O–H groups in total. The molecule has 0 fully saturated rings. The second kappa shape index (κ2) is 9.11. The number of carbonyl (C=O) groups is 2. The summed E-state index contributed by atoms with van der Waals surface area (Å²) in [5.74, 6) is -0.471. The molecule has 0 radical (unpaired) electrons. The monoisotopic (exact) mass is 479 g/mol. The fourth-order valence-corrected chi connectivity index (χ4v) is 3.20. The molecule has 150 valence electrons. The molecule has 3 rings (SSSR count). The van der Waals surface area contributed by atoms with Gasteiger partial charge >= 0.3 is 11.9 Å². The number of carbonyl (C=O) groups excluding carboxylic acids is 2. The first-order valence-corrected chi connectivity index (χ1v) is 9.44. The SMILES string of the molecule is COC(=O)COc1c(Cl)cc(/C=C2\N=C(c3ccccc3Br)OC2=O)cc1OC. The maximum atomic E-state index is 12.2. The van der Waals surface area contributed by atoms with Gasteiger partial charge in [-0.25, -0.2) is 14.6 Å². The van der Waals surface area contributed by atoms with E-state index in [1.807, 2.05) is 18.2 Å². The molecular formula is C20H15BrClNO6. The molecule has 0 aromatic heterocycles. The topological polar surface area (TPSA) is 83.4 Å². The molecule has 0 bridgehead atoms. The van der Waals surface area contributed by atoms with Gasteiger partial charge < -0.3 is 18.9 Å². The largest absolute Gasteiger partial charge is 0.493 e. The number of nitrogens with zero attached hydrogens (tertiary/aromatic N) is 1. The van der Waals surface area contributed by atoms with Crippen LogP contribution in [0.1, 0.15) is 11.1 Å². The molecule has 2 aromatic carbocycles. The second-order valence-electron chi connectivity index (χ2n) is 5.71. The summed E-state index contributed by atoms with van der Waals surface area (Å²) in [5, 5.41) is 0.196. The lowest BCUT2D eigenvalue weighted by Crippen LogP contribution is -2.13. The van der Waals surface area contributed by atoms with Gasteiger partial charge in [-0.2, -0.15) is 0 Å². The molecular weight excluding hydrogens is 466 g/mol. The van der Waals surface area contributed by atoms with Gasteiger partial charge in [0.25, 0.3) is 0 Å². The first-order valence-electron chi connectivity index (χ1n) is 8.27. The van der Waals surface area contributed by atoms with Gasteiger partial charge in [0.15, 0.2) is 23.8 Å². The van der Waals surface area contributed by atoms with Crippen LogP contribution < -0.4 is 9.47 Å². The van der Waals surface area contributed by atoms with Gasteiger partial charge in [0.1, 0.15) is 0 Å². The highest BCUT2D eigenvalue weighted by Gasteiger charge is 2.25. The van der Waals surface area contributed by atoms with E-state index in [9.17, 15) is 9.59 Å². The predicted octanol–water partition coefficient (Wildman–Crippen LogP) is 4.01. The number of hydrogen-bond acceptors (Lipinski definition) is 7. The van der Waals surface area contributed by atoms with Crippen LogP contribution in [0.5, 0.6) is 11.5 Å². The van der Waals surface area contributed by atoms with Crippen molar-refractivity contribution < 1.29 is 28.5 Å². The number of hydrogen-bond donors (Lipinski definition) is 0. The lowest BCUT2D eigenvalue weighted by molar-refractivity contribution is -0.143. The zero-order valence-electron chi connectivity index (χ0n) is 15.4. The average molecular weight is 481 g/mol. The number of aliphatic imine (C=N–C) groups is 1. The van der Waals surface area contributed by atoms with Crippen molar-refractivity contribution in [3.8, 4) is 11.5 Å². The number of esters is 2. The van der Waals surface area contributed by atoms with Crippen molar-refractivity contribution in [2.24, 2.45) is 4.99 Å². The van der Waals surface area contributed by atoms with E-state index in [4.69, 9.17) is 25.8 Å². The Morgan fingerprint density at radius 3 is 2.72 bits per heavy atom. The third-order valence-corrected chi connectivity index (χ3v) is 4.81. The molecule has 0 amide bonds. The molecule has 9 heteroatoms. The molecule has 1 heterocycles. The van der Waals surface area contributed by atoms with Crippen LogP contribution in [0.2, 0.25) is 5.02 Å². The van der Waals surface area contributed by atoms with Crippen LogP contribution in [0, 0.1) is 0 Å². The van der Waals surface area contributed by atoms with Crippen LogP contribution in [-0.4, -0.2) is 38.7 Å². The van der Waals surface area contributed by atoms with Crippen LogP contribution in [-0.2, 0) is 19.1 Å². The van der Waals surface area contributed by atoms with Crippen molar-refractivity contribution in [1.29, 1.82) is 0 Å². The highest BCUT2D eigenvalue weighted by Crippen LogP contribution is 2.37. The summed E-state index contributed by atoms with van der Waals surface area (Å²) in [4.78, 5) is 27.8. The lowest BCUT2D eigenvalue weighted by Gasteiger charge is -2.12. The van der Waals surface area contributed by atoms with Crippen molar-refractivity contribution in [1.82, 2.24) is 0 Å². The Morgan fingerprint density at radius 1 is 1.28 bits per heavy atom. The fraction of sp³-hybridized carbons (Fsp3) is 0.150. The fourth-order valence-electron chi connectivity index (χ4n) is 2.47. The third kappa shape index (κ3) is 4.78. The van der Waals surface area contributed by atoms with Crippen LogP contribution in [0.4, 0.5) is 0 Å². The molecule has 0 aliphatic carbocycles. The Labute approximate surface area is 180 Å². The molecule has 1 aliphatic rings. The number of methoxy groups -OCH3 is 2. The number of ether oxygens (including phenoxy) is 4. The molecule has 0 unspecified atom stereocenters. The summed E-state index contributed by atoms with van der Waals surface area (Å²) in [6.07, 6.45) is 1.52. The van der Waals surface area contributed by atoms with E-state index in [1.54, 1.807) is 18.2 Å². The molecule has 0 atom stereocenters. The van der Waals surface area contributed by atoms with E-state index in [2.05, 4.69) is 25.7 Å². The van der Waals surface area contributed by atoms with Gasteiger partial charge in [-0.05, 0) is 51.8 Å². The molecule has 2 aromatic rings. The maximum absolute atomic E-state index is 12.2. The van der Waals surface area contributed by atoms with Crippen LogP contribution in [0.15, 0.2) is 51.6 Å². The van der Waals surface area contributed by atoms with Gasteiger partial charge in [0.2, 0.25) is 5.90 Å². The minimum absolute atomic E-state index is 0.108. The van der Waals surface area contributed by atoms with Gasteiger partial charge in [-0.15, -0.1) is 0 Å². The Bertz CT molecular complexity index is 1030. The standard InChI is InChI=1S/C20H15BrClNO6/c1-26-16-9-11(7-14(22)18(16)28-10-17(24)27-2)8-15-20(25)29-19(23-15)12-5-3-4-6-13(12)21/h3-9H,10H2,1-2H3/b15-8-. The van der Waals surface area contributed by atoms with Crippen molar-refractivity contribution in [2.75, 3.05) is 20.8 Å². The normalized spacial score (nSPS) is 14.4. The summed E-state index contributed by atoms with van der Waals surface area (Å²) >= 11 is 9.67. The Hall–Kier alpha value is -2.84. The average Bonchev–Trinajstić information content (AvgIpc) is 3.06. The third-order valence-electron chi connectivity index (χ3n) is 3.84. The molecule has 7 nitrogen and oxygen atoms in total. The Kier molecular flexibility index (Phi) is 6.56. The zero-order chi connectivity index (χ0) is 21.0. The van der Waals surface area contributed by atoms with E-state index in [1.165, 1.54) is 20.3 Å².